The number of benzene rings is 1. The zero-order valence-electron chi connectivity index (χ0n) is 14.1. The van der Waals surface area contributed by atoms with Gasteiger partial charge in [0.1, 0.15) is 17.4 Å². The molecule has 0 saturated carbocycles. The maximum absolute atomic E-state index is 13.0. The molecule has 2 atom stereocenters. The Morgan fingerprint density at radius 3 is 2.50 bits per heavy atom. The van der Waals surface area contributed by atoms with Crippen molar-refractivity contribution in [3.05, 3.63) is 88.8 Å². The quantitative estimate of drug-likeness (QED) is 0.904. The second-order valence-electron chi connectivity index (χ2n) is 6.48. The number of carbonyl (C=O) groups is 1. The number of rotatable bonds is 2. The van der Waals surface area contributed by atoms with Gasteiger partial charge < -0.3 is 10.5 Å². The van der Waals surface area contributed by atoms with E-state index in [1.165, 1.54) is 0 Å². The maximum Gasteiger partial charge on any atom is 0.205 e. The summed E-state index contributed by atoms with van der Waals surface area (Å²) < 4.78 is 5.75. The minimum atomic E-state index is -0.490. The van der Waals surface area contributed by atoms with Crippen LogP contribution in [0.25, 0.3) is 0 Å². The highest BCUT2D eigenvalue weighted by molar-refractivity contribution is 6.00. The van der Waals surface area contributed by atoms with E-state index in [9.17, 15) is 10.1 Å². The number of hydrogen-bond donors (Lipinski definition) is 1. The first-order valence-electron chi connectivity index (χ1n) is 8.47. The molecule has 1 aromatic heterocycles. The standard InChI is InChI=1S/C21H17N3O2/c22-12-16-19(14-6-8-24-9-7-14)20-17(25)10-15(11-18(20)26-21(16)23)13-4-2-1-3-5-13/h1-9,15,19H,10-11,23H2. The number of aromatic nitrogens is 1. The number of carbonyl (C=O) groups excluding carboxylic acids is 1. The van der Waals surface area contributed by atoms with Gasteiger partial charge in [0.15, 0.2) is 5.78 Å². The molecule has 128 valence electrons. The molecule has 2 aromatic rings. The van der Waals surface area contributed by atoms with Gasteiger partial charge in [0.2, 0.25) is 5.88 Å². The van der Waals surface area contributed by atoms with Gasteiger partial charge in [-0.2, -0.15) is 5.26 Å². The van der Waals surface area contributed by atoms with Gasteiger partial charge in [-0.3, -0.25) is 9.78 Å². The van der Waals surface area contributed by atoms with E-state index in [0.29, 0.717) is 24.2 Å². The fourth-order valence-electron chi connectivity index (χ4n) is 3.76. The molecule has 1 aliphatic heterocycles. The van der Waals surface area contributed by atoms with Gasteiger partial charge in [-0.25, -0.2) is 0 Å². The molecule has 2 unspecified atom stereocenters. The average molecular weight is 343 g/mol. The van der Waals surface area contributed by atoms with Crippen LogP contribution in [0.1, 0.15) is 35.8 Å². The van der Waals surface area contributed by atoms with Crippen LogP contribution in [0.3, 0.4) is 0 Å². The molecule has 0 spiro atoms. The minimum Gasteiger partial charge on any atom is -0.444 e. The Kier molecular flexibility index (Phi) is 4.02. The first-order valence-corrected chi connectivity index (χ1v) is 8.47. The lowest BCUT2D eigenvalue weighted by atomic mass is 9.74. The molecule has 5 nitrogen and oxygen atoms in total. The molecule has 2 N–H and O–H groups in total. The van der Waals surface area contributed by atoms with Crippen LogP contribution in [0.2, 0.25) is 0 Å². The van der Waals surface area contributed by atoms with Gasteiger partial charge in [0, 0.05) is 30.8 Å². The summed E-state index contributed by atoms with van der Waals surface area (Å²) in [5.41, 5.74) is 8.78. The zero-order valence-corrected chi connectivity index (χ0v) is 14.1. The summed E-state index contributed by atoms with van der Waals surface area (Å²) in [5.74, 6) is 0.220. The Balaban J connectivity index is 1.79. The monoisotopic (exact) mass is 343 g/mol. The first-order chi connectivity index (χ1) is 12.7. The van der Waals surface area contributed by atoms with Crippen molar-refractivity contribution in [3.63, 3.8) is 0 Å². The van der Waals surface area contributed by atoms with Gasteiger partial charge in [-0.1, -0.05) is 30.3 Å². The van der Waals surface area contributed by atoms with Crippen LogP contribution in [0.15, 0.2) is 77.6 Å². The van der Waals surface area contributed by atoms with Gasteiger partial charge in [-0.15, -0.1) is 0 Å². The predicted molar refractivity (Wildman–Crippen MR) is 95.3 cm³/mol. The molecule has 26 heavy (non-hydrogen) atoms. The molecule has 5 heteroatoms. The fourth-order valence-corrected chi connectivity index (χ4v) is 3.76. The molecular weight excluding hydrogens is 326 g/mol. The normalized spacial score (nSPS) is 22.5. The summed E-state index contributed by atoms with van der Waals surface area (Å²) in [6.45, 7) is 0. The highest BCUT2D eigenvalue weighted by Crippen LogP contribution is 2.46. The predicted octanol–water partition coefficient (Wildman–Crippen LogP) is 3.29. The van der Waals surface area contributed by atoms with Crippen molar-refractivity contribution in [1.82, 2.24) is 4.98 Å². The van der Waals surface area contributed by atoms with Crippen molar-refractivity contribution in [2.75, 3.05) is 0 Å². The molecule has 0 saturated heterocycles. The summed E-state index contributed by atoms with van der Waals surface area (Å²) in [7, 11) is 0. The summed E-state index contributed by atoms with van der Waals surface area (Å²) >= 11 is 0. The third-order valence-corrected chi connectivity index (χ3v) is 4.97. The topological polar surface area (TPSA) is 89.0 Å². The number of nitrogens with two attached hydrogens (primary N) is 1. The largest absolute Gasteiger partial charge is 0.444 e. The van der Waals surface area contributed by atoms with Crippen molar-refractivity contribution >= 4 is 5.78 Å². The van der Waals surface area contributed by atoms with E-state index in [0.717, 1.165) is 11.1 Å². The third kappa shape index (κ3) is 2.66. The van der Waals surface area contributed by atoms with Crippen LogP contribution in [0, 0.1) is 11.3 Å². The van der Waals surface area contributed by atoms with E-state index in [1.54, 1.807) is 12.4 Å². The van der Waals surface area contributed by atoms with E-state index in [4.69, 9.17) is 10.5 Å². The van der Waals surface area contributed by atoms with Crippen molar-refractivity contribution in [3.8, 4) is 6.07 Å². The number of allylic oxidation sites excluding steroid dienone is 3. The molecule has 0 radical (unpaired) electrons. The number of pyridine rings is 1. The molecule has 1 aliphatic carbocycles. The SMILES string of the molecule is N#CC1=C(N)OC2=C(C(=O)CC(c3ccccc3)C2)C1c1ccncc1. The second kappa shape index (κ2) is 6.49. The molecule has 2 heterocycles. The summed E-state index contributed by atoms with van der Waals surface area (Å²) in [5, 5.41) is 9.58. The smallest absolute Gasteiger partial charge is 0.205 e. The van der Waals surface area contributed by atoms with E-state index in [1.807, 2.05) is 42.5 Å². The summed E-state index contributed by atoms with van der Waals surface area (Å²) in [6, 6.07) is 15.7. The van der Waals surface area contributed by atoms with Crippen LogP contribution in [-0.4, -0.2) is 10.8 Å². The number of nitrogens with zero attached hydrogens (tertiary/aromatic N) is 2. The molecule has 4 rings (SSSR count). The Morgan fingerprint density at radius 1 is 1.08 bits per heavy atom. The molecule has 0 fully saturated rings. The highest BCUT2D eigenvalue weighted by atomic mass is 16.5. The van der Waals surface area contributed by atoms with Crippen LogP contribution < -0.4 is 5.73 Å². The van der Waals surface area contributed by atoms with Crippen molar-refractivity contribution in [2.45, 2.75) is 24.7 Å². The van der Waals surface area contributed by atoms with Crippen molar-refractivity contribution in [2.24, 2.45) is 5.73 Å². The van der Waals surface area contributed by atoms with Crippen LogP contribution >= 0.6 is 0 Å². The lowest BCUT2D eigenvalue weighted by molar-refractivity contribution is -0.117. The minimum absolute atomic E-state index is 0.00200. The van der Waals surface area contributed by atoms with Gasteiger partial charge in [-0.05, 0) is 29.2 Å². The molecule has 0 amide bonds. The van der Waals surface area contributed by atoms with E-state index >= 15 is 0 Å². The lowest BCUT2D eigenvalue weighted by Crippen LogP contribution is -2.29. The van der Waals surface area contributed by atoms with Crippen molar-refractivity contribution in [1.29, 1.82) is 5.26 Å². The summed E-state index contributed by atoms with van der Waals surface area (Å²) in [6.07, 6.45) is 4.28. The number of hydrogen-bond acceptors (Lipinski definition) is 5. The van der Waals surface area contributed by atoms with Gasteiger partial charge in [0.05, 0.1) is 5.92 Å². The van der Waals surface area contributed by atoms with Gasteiger partial charge >= 0.3 is 0 Å². The average Bonchev–Trinajstić information content (AvgIpc) is 2.68. The van der Waals surface area contributed by atoms with Crippen LogP contribution in [-0.2, 0) is 9.53 Å². The Labute approximate surface area is 151 Å². The number of ether oxygens (including phenoxy) is 1. The molecular formula is C21H17N3O2. The van der Waals surface area contributed by atoms with Crippen LogP contribution in [0.5, 0.6) is 0 Å². The highest BCUT2D eigenvalue weighted by Gasteiger charge is 2.40. The fraction of sp³-hybridized carbons (Fsp3) is 0.190. The number of nitriles is 1. The zero-order chi connectivity index (χ0) is 18.1. The van der Waals surface area contributed by atoms with E-state index in [2.05, 4.69) is 11.1 Å². The summed E-state index contributed by atoms with van der Waals surface area (Å²) in [4.78, 5) is 17.1. The lowest BCUT2D eigenvalue weighted by Gasteiger charge is -2.34. The number of ketones is 1. The van der Waals surface area contributed by atoms with E-state index in [-0.39, 0.29) is 23.2 Å². The second-order valence-corrected chi connectivity index (χ2v) is 6.48. The Morgan fingerprint density at radius 2 is 1.81 bits per heavy atom. The first kappa shape index (κ1) is 16.1. The molecule has 1 aromatic carbocycles. The Hall–Kier alpha value is -3.39. The van der Waals surface area contributed by atoms with E-state index < -0.39 is 5.92 Å². The molecule has 2 aliphatic rings. The number of Topliss-reactive ketones (excluding diaryl/α,β-unsaturated/α-hetero) is 1. The van der Waals surface area contributed by atoms with Gasteiger partial charge in [0.25, 0.3) is 0 Å². The maximum atomic E-state index is 13.0. The Bertz CT molecular complexity index is 956. The van der Waals surface area contributed by atoms with Crippen LogP contribution in [0.4, 0.5) is 0 Å². The third-order valence-electron chi connectivity index (χ3n) is 4.97. The van der Waals surface area contributed by atoms with Crippen molar-refractivity contribution < 1.29 is 9.53 Å². The molecule has 0 bridgehead atoms.